The van der Waals surface area contributed by atoms with Gasteiger partial charge in [0.15, 0.2) is 8.24 Å². The van der Waals surface area contributed by atoms with Crippen molar-refractivity contribution in [1.82, 2.24) is 0 Å². The van der Waals surface area contributed by atoms with Crippen LogP contribution in [0.1, 0.15) is 78.0 Å². The van der Waals surface area contributed by atoms with E-state index in [0.29, 0.717) is 23.3 Å². The third-order valence-corrected chi connectivity index (χ3v) is 14.5. The van der Waals surface area contributed by atoms with E-state index in [1.165, 1.54) is 40.9 Å². The molecule has 3 aromatic rings. The number of allylic oxidation sites excluding steroid dienone is 4. The second-order valence-electron chi connectivity index (χ2n) is 15.6. The number of fused-ring (bicyclic) bond motifs is 3. The Labute approximate surface area is 297 Å². The molecule has 1 fully saturated rings. The van der Waals surface area contributed by atoms with Crippen molar-refractivity contribution in [3.05, 3.63) is 114 Å². The molecule has 6 rings (SSSR count). The van der Waals surface area contributed by atoms with Crippen molar-refractivity contribution in [1.29, 1.82) is 0 Å². The predicted molar refractivity (Wildman–Crippen MR) is 203 cm³/mol. The minimum atomic E-state index is -2.08. The Morgan fingerprint density at radius 3 is 1.83 bits per heavy atom. The molecule has 1 aliphatic heterocycles. The van der Waals surface area contributed by atoms with Crippen LogP contribution >= 0.6 is 18.6 Å². The van der Waals surface area contributed by atoms with Gasteiger partial charge in [-0.3, -0.25) is 0 Å². The maximum absolute atomic E-state index is 5.09. The third-order valence-electron chi connectivity index (χ3n) is 10.4. The standard InChI is InChI=1S/C39H49N2Si.CH3.2ClH.Ti/c1-10-26-24-32-30(27-22-28(38(2,3)4)25-29(23-27)39(5,6)7)16-15-17-31(32)37(26)42(8,9)41-35-20-13-11-18-33(35)40-34-19-12-14-21-36(34)41;;;;/h11-23,25-26,31-32,37H,10,24H2,1-9H3;1H3;2*1H;/q2*-1;;;+2/p-2/t26-,31+,32-,37?;;;;/m1..../s1. The molecular formula is C40H52Cl2N2SiTi-2. The topological polar surface area (TPSA) is 17.3 Å². The van der Waals surface area contributed by atoms with Crippen LogP contribution in [-0.2, 0) is 27.9 Å². The van der Waals surface area contributed by atoms with Gasteiger partial charge in [0, 0.05) is 11.4 Å². The van der Waals surface area contributed by atoms with Crippen LogP contribution in [-0.4, -0.2) is 8.24 Å². The third kappa shape index (κ3) is 7.15. The minimum absolute atomic E-state index is 0. The average molecular weight is 708 g/mol. The summed E-state index contributed by atoms with van der Waals surface area (Å²) < 4.78 is 2.77. The summed E-state index contributed by atoms with van der Waals surface area (Å²) in [6, 6.07) is 25.1. The molecule has 1 heterocycles. The van der Waals surface area contributed by atoms with Crippen LogP contribution in [0.2, 0.25) is 18.6 Å². The molecule has 46 heavy (non-hydrogen) atoms. The first-order valence-corrected chi connectivity index (χ1v) is 23.8. The Morgan fingerprint density at radius 2 is 1.35 bits per heavy atom. The molecule has 0 bridgehead atoms. The molecule has 2 nitrogen and oxygen atoms in total. The Kier molecular flexibility index (Phi) is 11.6. The van der Waals surface area contributed by atoms with Crippen LogP contribution in [0.5, 0.6) is 0 Å². The zero-order valence-corrected chi connectivity index (χ0v) is 33.5. The van der Waals surface area contributed by atoms with E-state index >= 15 is 0 Å². The van der Waals surface area contributed by atoms with E-state index in [0.717, 1.165) is 11.4 Å². The molecular weight excluding hydrogens is 655 g/mol. The van der Waals surface area contributed by atoms with Crippen LogP contribution in [0.25, 0.3) is 10.9 Å². The van der Waals surface area contributed by atoms with Gasteiger partial charge in [0.25, 0.3) is 0 Å². The normalized spacial score (nSPS) is 21.8. The van der Waals surface area contributed by atoms with Crippen molar-refractivity contribution in [3.8, 4) is 0 Å². The van der Waals surface area contributed by atoms with Crippen molar-refractivity contribution < 1.29 is 17.0 Å². The molecule has 3 aromatic carbocycles. The molecule has 6 heteroatoms. The second kappa shape index (κ2) is 14.4. The number of nitrogens with zero attached hydrogens (tertiary/aromatic N) is 2. The molecule has 4 atom stereocenters. The van der Waals surface area contributed by atoms with Crippen LogP contribution in [0.15, 0.2) is 85.0 Å². The fourth-order valence-corrected chi connectivity index (χ4v) is 12.9. The van der Waals surface area contributed by atoms with Crippen molar-refractivity contribution in [2.45, 2.75) is 90.8 Å². The van der Waals surface area contributed by atoms with Crippen molar-refractivity contribution in [2.24, 2.45) is 17.8 Å². The zero-order valence-electron chi connectivity index (χ0n) is 29.5. The molecule has 0 saturated heterocycles. The SMILES string of the molecule is CC[C@@H]1C[C@@H]2C(c3cc(C(C)(C)C)cc(C(C)(C)C)c3)=CC=C[C@@H]2C1[Si](C)(C)N1c2ccccc2[N-]c2ccccc21.[CH3-].[Cl][Ti][Cl]. The maximum atomic E-state index is 5.09. The molecule has 2 aliphatic carbocycles. The molecule has 0 N–H and O–H groups in total. The molecule has 1 saturated carbocycles. The van der Waals surface area contributed by atoms with Crippen molar-refractivity contribution in [2.75, 3.05) is 4.57 Å². The number of halogens is 2. The number of hydrogen-bond acceptors (Lipinski definition) is 1. The van der Waals surface area contributed by atoms with Crippen LogP contribution in [0.4, 0.5) is 22.7 Å². The van der Waals surface area contributed by atoms with Crippen LogP contribution in [0.3, 0.4) is 0 Å². The summed E-state index contributed by atoms with van der Waals surface area (Å²) in [5.41, 5.74) is 11.5. The van der Waals surface area contributed by atoms with Gasteiger partial charge in [-0.05, 0) is 74.9 Å². The van der Waals surface area contributed by atoms with Crippen molar-refractivity contribution in [3.63, 3.8) is 0 Å². The summed E-state index contributed by atoms with van der Waals surface area (Å²) in [4.78, 5) is 0. The number of benzene rings is 3. The van der Waals surface area contributed by atoms with Gasteiger partial charge in [0.05, 0.1) is 0 Å². The van der Waals surface area contributed by atoms with E-state index in [1.807, 2.05) is 0 Å². The number of hydrogen-bond donors (Lipinski definition) is 0. The van der Waals surface area contributed by atoms with Crippen LogP contribution in [0, 0.1) is 25.2 Å². The first-order valence-electron chi connectivity index (χ1n) is 16.4. The summed E-state index contributed by atoms with van der Waals surface area (Å²) in [5.74, 6) is 1.80. The molecule has 3 aliphatic rings. The van der Waals surface area contributed by atoms with E-state index in [2.05, 4.69) is 151 Å². The Balaban J connectivity index is 0.00000116. The number of para-hydroxylation sites is 4. The van der Waals surface area contributed by atoms with E-state index in [1.54, 1.807) is 5.57 Å². The molecule has 0 spiro atoms. The Hall–Kier alpha value is -1.75. The zero-order chi connectivity index (χ0) is 32.7. The van der Waals surface area contributed by atoms with E-state index in [4.69, 9.17) is 23.9 Å². The van der Waals surface area contributed by atoms with E-state index in [-0.39, 0.29) is 18.3 Å². The van der Waals surface area contributed by atoms with Gasteiger partial charge in [-0.15, -0.1) is 11.4 Å². The monoisotopic (exact) mass is 706 g/mol. The van der Waals surface area contributed by atoms with Gasteiger partial charge in [0.2, 0.25) is 0 Å². The fourth-order valence-electron chi connectivity index (χ4n) is 8.16. The average Bonchev–Trinajstić information content (AvgIpc) is 3.39. The van der Waals surface area contributed by atoms with Gasteiger partial charge >= 0.3 is 35.6 Å². The molecule has 0 aromatic heterocycles. The van der Waals surface area contributed by atoms with E-state index in [9.17, 15) is 0 Å². The second-order valence-corrected chi connectivity index (χ2v) is 22.6. The van der Waals surface area contributed by atoms with Gasteiger partial charge in [-0.2, -0.15) is 0 Å². The molecule has 0 radical (unpaired) electrons. The summed E-state index contributed by atoms with van der Waals surface area (Å²) in [5, 5.41) is 5.09. The Bertz CT molecular complexity index is 1500. The van der Waals surface area contributed by atoms with Gasteiger partial charge < -0.3 is 17.3 Å². The van der Waals surface area contributed by atoms with E-state index < -0.39 is 25.3 Å². The predicted octanol–water partition coefficient (Wildman–Crippen LogP) is 13.8. The fraction of sp³-hybridized carbons (Fsp3) is 0.425. The summed E-state index contributed by atoms with van der Waals surface area (Å²) in [6.07, 6.45) is 9.91. The molecule has 246 valence electrons. The Morgan fingerprint density at radius 1 is 0.848 bits per heavy atom. The number of rotatable bonds is 4. The first kappa shape index (κ1) is 37.1. The van der Waals surface area contributed by atoms with Gasteiger partial charge in [0.1, 0.15) is 0 Å². The summed E-state index contributed by atoms with van der Waals surface area (Å²) >= 11 is -0.556. The van der Waals surface area contributed by atoms with Gasteiger partial charge in [-0.25, -0.2) is 0 Å². The molecule has 0 amide bonds. The van der Waals surface area contributed by atoms with Crippen LogP contribution < -0.4 is 4.57 Å². The quantitative estimate of drug-likeness (QED) is 0.195. The first-order chi connectivity index (χ1) is 21.2. The molecule has 1 unspecified atom stereocenters. The number of anilines is 2. The summed E-state index contributed by atoms with van der Waals surface area (Å²) in [7, 11) is 7.70. The summed E-state index contributed by atoms with van der Waals surface area (Å²) in [6.45, 7) is 21.8. The van der Waals surface area contributed by atoms with Gasteiger partial charge in [-0.1, -0.05) is 141 Å². The van der Waals surface area contributed by atoms with Crippen molar-refractivity contribution >= 4 is 55.2 Å².